The summed E-state index contributed by atoms with van der Waals surface area (Å²) >= 11 is 5.99. The van der Waals surface area contributed by atoms with Crippen molar-refractivity contribution in [3.05, 3.63) is 82.6 Å². The largest absolute Gasteiger partial charge is 0.443 e. The third-order valence-corrected chi connectivity index (χ3v) is 7.61. The van der Waals surface area contributed by atoms with Crippen molar-refractivity contribution in [1.29, 1.82) is 0 Å². The first-order valence-corrected chi connectivity index (χ1v) is 14.2. The number of carbonyl (C=O) groups is 2. The Morgan fingerprint density at radius 2 is 1.80 bits per heavy atom. The van der Waals surface area contributed by atoms with Crippen LogP contribution < -0.4 is 10.0 Å². The zero-order valence-electron chi connectivity index (χ0n) is 21.9. The molecule has 14 heteroatoms. The van der Waals surface area contributed by atoms with E-state index in [4.69, 9.17) is 16.3 Å². The quantitative estimate of drug-likeness (QED) is 0.174. The van der Waals surface area contributed by atoms with E-state index >= 15 is 4.39 Å². The molecule has 0 aliphatic rings. The Morgan fingerprint density at radius 1 is 1.10 bits per heavy atom. The van der Waals surface area contributed by atoms with Crippen LogP contribution in [0, 0.1) is 11.6 Å². The first kappa shape index (κ1) is 31.9. The number of hydrogen-bond donors (Lipinski definition) is 2. The standard InChI is InChI=1S/C27H25ClF2N4O5S.ClH/c1-3-10-40(37,38)33-22-9-8-21(29)24(25(22)30)26(36)20-14-34(15-39-23(35)13-31-2)27-19(20)11-17(12-32-27)16-4-6-18(28)7-5-16;/h4-9,11-12,14,31,33H,3,10,13,15H2,1-2H3;1H. The molecule has 218 valence electrons. The zero-order valence-corrected chi connectivity index (χ0v) is 24.3. The lowest BCUT2D eigenvalue weighted by atomic mass is 10.00. The molecule has 0 bridgehead atoms. The minimum absolute atomic E-state index is 0. The maximum atomic E-state index is 15.5. The molecule has 4 rings (SSSR count). The highest BCUT2D eigenvalue weighted by Crippen LogP contribution is 2.31. The number of rotatable bonds is 11. The summed E-state index contributed by atoms with van der Waals surface area (Å²) in [6, 6.07) is 10.2. The third kappa shape index (κ3) is 7.20. The monoisotopic (exact) mass is 626 g/mol. The minimum Gasteiger partial charge on any atom is -0.443 e. The van der Waals surface area contributed by atoms with Crippen LogP contribution in [0.3, 0.4) is 0 Å². The molecule has 0 spiro atoms. The van der Waals surface area contributed by atoms with E-state index in [1.807, 2.05) is 0 Å². The summed E-state index contributed by atoms with van der Waals surface area (Å²) in [5, 5.41) is 3.41. The lowest BCUT2D eigenvalue weighted by Gasteiger charge is -2.11. The van der Waals surface area contributed by atoms with Gasteiger partial charge >= 0.3 is 5.97 Å². The molecule has 2 aromatic heterocycles. The van der Waals surface area contributed by atoms with Crippen LogP contribution in [0.1, 0.15) is 29.3 Å². The first-order chi connectivity index (χ1) is 19.0. The Kier molecular flexibility index (Phi) is 10.4. The molecule has 41 heavy (non-hydrogen) atoms. The highest BCUT2D eigenvalue weighted by molar-refractivity contribution is 7.92. The molecule has 0 amide bonds. The number of likely N-dealkylation sites (N-methyl/N-ethyl adjacent to an activating group) is 1. The van der Waals surface area contributed by atoms with Gasteiger partial charge in [0.25, 0.3) is 0 Å². The Hall–Kier alpha value is -3.58. The summed E-state index contributed by atoms with van der Waals surface area (Å²) in [4.78, 5) is 30.0. The Labute approximate surface area is 246 Å². The zero-order chi connectivity index (χ0) is 29.0. The van der Waals surface area contributed by atoms with Crippen molar-refractivity contribution in [2.24, 2.45) is 0 Å². The van der Waals surface area contributed by atoms with Crippen molar-refractivity contribution >= 4 is 62.5 Å². The van der Waals surface area contributed by atoms with Crippen LogP contribution in [-0.4, -0.2) is 49.1 Å². The van der Waals surface area contributed by atoms with Gasteiger partial charge in [-0.1, -0.05) is 30.7 Å². The van der Waals surface area contributed by atoms with Gasteiger partial charge in [0, 0.05) is 28.4 Å². The van der Waals surface area contributed by atoms with Crippen molar-refractivity contribution in [3.8, 4) is 11.1 Å². The van der Waals surface area contributed by atoms with Crippen molar-refractivity contribution in [2.45, 2.75) is 20.1 Å². The number of benzene rings is 2. The van der Waals surface area contributed by atoms with Gasteiger partial charge in [0.2, 0.25) is 15.8 Å². The Morgan fingerprint density at radius 3 is 2.46 bits per heavy atom. The van der Waals surface area contributed by atoms with Crippen LogP contribution in [0.25, 0.3) is 22.2 Å². The first-order valence-electron chi connectivity index (χ1n) is 12.1. The SMILES string of the molecule is CCCS(=O)(=O)Nc1ccc(F)c(C(=O)c2cn(COC(=O)CNC)c3ncc(-c4ccc(Cl)cc4)cc23)c1F.Cl. The molecule has 0 radical (unpaired) electrons. The molecule has 0 fully saturated rings. The van der Waals surface area contributed by atoms with Crippen molar-refractivity contribution in [2.75, 3.05) is 24.1 Å². The maximum Gasteiger partial charge on any atom is 0.321 e. The Balaban J connectivity index is 0.00000462. The highest BCUT2D eigenvalue weighted by Gasteiger charge is 2.27. The predicted molar refractivity (Wildman–Crippen MR) is 155 cm³/mol. The number of ketones is 1. The predicted octanol–water partition coefficient (Wildman–Crippen LogP) is 5.16. The number of anilines is 1. The summed E-state index contributed by atoms with van der Waals surface area (Å²) in [5.74, 6) is -4.44. The van der Waals surface area contributed by atoms with E-state index in [9.17, 15) is 22.4 Å². The van der Waals surface area contributed by atoms with E-state index in [0.717, 1.165) is 17.7 Å². The third-order valence-electron chi connectivity index (χ3n) is 5.88. The Bertz CT molecular complexity index is 1700. The molecule has 2 heterocycles. The van der Waals surface area contributed by atoms with Crippen LogP contribution in [0.15, 0.2) is 54.9 Å². The van der Waals surface area contributed by atoms with E-state index in [2.05, 4.69) is 15.0 Å². The summed E-state index contributed by atoms with van der Waals surface area (Å²) in [7, 11) is -2.35. The second-order valence-electron chi connectivity index (χ2n) is 8.82. The number of ether oxygens (including phenoxy) is 1. The number of sulfonamides is 1. The number of nitrogens with zero attached hydrogens (tertiary/aromatic N) is 2. The fourth-order valence-electron chi connectivity index (χ4n) is 4.05. The van der Waals surface area contributed by atoms with Gasteiger partial charge in [-0.25, -0.2) is 22.2 Å². The van der Waals surface area contributed by atoms with Crippen LogP contribution in [0.4, 0.5) is 14.5 Å². The van der Waals surface area contributed by atoms with Crippen LogP contribution >= 0.6 is 24.0 Å². The number of halogens is 4. The van der Waals surface area contributed by atoms with Crippen molar-refractivity contribution in [3.63, 3.8) is 0 Å². The molecule has 0 atom stereocenters. The topological polar surface area (TPSA) is 119 Å². The van der Waals surface area contributed by atoms with Gasteiger partial charge in [0.15, 0.2) is 12.5 Å². The van der Waals surface area contributed by atoms with E-state index in [-0.39, 0.29) is 54.5 Å². The van der Waals surface area contributed by atoms with E-state index in [0.29, 0.717) is 10.6 Å². The second-order valence-corrected chi connectivity index (χ2v) is 11.1. The fraction of sp³-hybridized carbons (Fsp3) is 0.222. The molecule has 0 unspecified atom stereocenters. The molecular formula is C27H26Cl2F2N4O5S. The summed E-state index contributed by atoms with van der Waals surface area (Å²) < 4.78 is 63.5. The number of nitrogens with one attached hydrogen (secondary N) is 2. The number of aromatic nitrogens is 2. The molecule has 0 saturated heterocycles. The van der Waals surface area contributed by atoms with E-state index in [1.165, 1.54) is 17.0 Å². The summed E-state index contributed by atoms with van der Waals surface area (Å²) in [6.45, 7) is 1.25. The number of pyridine rings is 1. The highest BCUT2D eigenvalue weighted by atomic mass is 35.5. The van der Waals surface area contributed by atoms with E-state index in [1.54, 1.807) is 44.3 Å². The summed E-state index contributed by atoms with van der Waals surface area (Å²) in [6.07, 6.45) is 3.09. The van der Waals surface area contributed by atoms with E-state index < -0.39 is 44.7 Å². The normalized spacial score (nSPS) is 11.2. The van der Waals surface area contributed by atoms with Gasteiger partial charge in [-0.2, -0.15) is 0 Å². The molecule has 0 saturated carbocycles. The smallest absolute Gasteiger partial charge is 0.321 e. The lowest BCUT2D eigenvalue weighted by molar-refractivity contribution is -0.146. The lowest BCUT2D eigenvalue weighted by Crippen LogP contribution is -2.21. The molecule has 9 nitrogen and oxygen atoms in total. The van der Waals surface area contributed by atoms with Gasteiger partial charge in [-0.3, -0.25) is 18.9 Å². The molecule has 0 aliphatic carbocycles. The number of fused-ring (bicyclic) bond motifs is 1. The van der Waals surface area contributed by atoms with Gasteiger partial charge in [-0.05, 0) is 49.4 Å². The molecule has 0 aliphatic heterocycles. The van der Waals surface area contributed by atoms with Crippen molar-refractivity contribution < 1.29 is 31.5 Å². The van der Waals surface area contributed by atoms with Gasteiger partial charge in [-0.15, -0.1) is 12.4 Å². The minimum atomic E-state index is -3.92. The summed E-state index contributed by atoms with van der Waals surface area (Å²) in [5.41, 5.74) is -0.101. The average molecular weight is 627 g/mol. The van der Waals surface area contributed by atoms with Gasteiger partial charge in [0.05, 0.1) is 29.1 Å². The molecule has 2 aromatic carbocycles. The molecule has 4 aromatic rings. The number of esters is 1. The van der Waals surface area contributed by atoms with Gasteiger partial charge in [0.1, 0.15) is 11.5 Å². The van der Waals surface area contributed by atoms with Crippen LogP contribution in [0.2, 0.25) is 5.02 Å². The average Bonchev–Trinajstić information content (AvgIpc) is 3.27. The van der Waals surface area contributed by atoms with Gasteiger partial charge < -0.3 is 10.1 Å². The molecular weight excluding hydrogens is 601 g/mol. The number of carbonyl (C=O) groups excluding carboxylic acids is 2. The van der Waals surface area contributed by atoms with Crippen LogP contribution in [0.5, 0.6) is 0 Å². The maximum absolute atomic E-state index is 15.5. The van der Waals surface area contributed by atoms with Crippen molar-refractivity contribution in [1.82, 2.24) is 14.9 Å². The number of hydrogen-bond acceptors (Lipinski definition) is 7. The molecule has 2 N–H and O–H groups in total. The second kappa shape index (κ2) is 13.4. The fourth-order valence-corrected chi connectivity index (χ4v) is 5.31. The van der Waals surface area contributed by atoms with Crippen LogP contribution in [-0.2, 0) is 26.3 Å².